The van der Waals surface area contributed by atoms with Gasteiger partial charge in [-0.05, 0) is 29.6 Å². The third-order valence-electron chi connectivity index (χ3n) is 2.44. The van der Waals surface area contributed by atoms with E-state index in [2.05, 4.69) is 16.3 Å². The molecule has 1 aromatic rings. The largest absolute Gasteiger partial charge is 0.234 e. The Morgan fingerprint density at radius 1 is 1.07 bits per heavy atom. The van der Waals surface area contributed by atoms with Crippen molar-refractivity contribution in [2.45, 2.75) is 58.3 Å². The van der Waals surface area contributed by atoms with Crippen LogP contribution in [-0.2, 0) is 6.42 Å². The van der Waals surface area contributed by atoms with Gasteiger partial charge >= 0.3 is 0 Å². The lowest BCUT2D eigenvalue weighted by atomic mass is 10.1. The number of hydrogen-bond donors (Lipinski definition) is 0. The van der Waals surface area contributed by atoms with Crippen LogP contribution in [0.1, 0.15) is 56.9 Å². The van der Waals surface area contributed by atoms with Crippen molar-refractivity contribution >= 4 is 23.1 Å². The van der Waals surface area contributed by atoms with Crippen molar-refractivity contribution in [2.24, 2.45) is 0 Å². The predicted molar refractivity (Wildman–Crippen MR) is 66.6 cm³/mol. The van der Waals surface area contributed by atoms with Crippen molar-refractivity contribution in [3.05, 3.63) is 10.3 Å². The number of hydrogen-bond acceptors (Lipinski definition) is 3. The maximum absolute atomic E-state index is 5.65. The fourth-order valence-electron chi connectivity index (χ4n) is 1.57. The summed E-state index contributed by atoms with van der Waals surface area (Å²) in [5.41, 5.74) is 0. The maximum Gasteiger partial charge on any atom is 0.234 e. The van der Waals surface area contributed by atoms with Crippen LogP contribution < -0.4 is 0 Å². The molecule has 0 bridgehead atoms. The third-order valence-corrected chi connectivity index (χ3v) is 3.48. The highest BCUT2D eigenvalue weighted by atomic mass is 35.5. The second-order valence-electron chi connectivity index (χ2n) is 3.83. The molecular formula is C11H19ClN2S. The lowest BCUT2D eigenvalue weighted by Gasteiger charge is -1.99. The van der Waals surface area contributed by atoms with Gasteiger partial charge in [-0.25, -0.2) is 4.98 Å². The Morgan fingerprint density at radius 2 is 1.73 bits per heavy atom. The Hall–Kier alpha value is -0.150. The Morgan fingerprint density at radius 3 is 2.33 bits per heavy atom. The monoisotopic (exact) mass is 246 g/mol. The molecule has 0 saturated heterocycles. The van der Waals surface area contributed by atoms with Gasteiger partial charge in [-0.2, -0.15) is 4.37 Å². The average Bonchev–Trinajstić information content (AvgIpc) is 2.63. The topological polar surface area (TPSA) is 25.8 Å². The summed E-state index contributed by atoms with van der Waals surface area (Å²) < 4.78 is 3.95. The van der Waals surface area contributed by atoms with Crippen molar-refractivity contribution in [3.63, 3.8) is 0 Å². The zero-order valence-corrected chi connectivity index (χ0v) is 10.9. The van der Waals surface area contributed by atoms with Crippen LogP contribution in [0, 0.1) is 0 Å². The van der Waals surface area contributed by atoms with Crippen LogP contribution in [0.15, 0.2) is 0 Å². The SMILES string of the molecule is CCCCCCCCCc1nc(Cl)ns1. The number of aromatic nitrogens is 2. The standard InChI is InChI=1S/C11H19ClN2S/c1-2-3-4-5-6-7-8-9-10-13-11(12)14-15-10/h2-9H2,1H3. The average molecular weight is 247 g/mol. The van der Waals surface area contributed by atoms with Crippen LogP contribution in [0.3, 0.4) is 0 Å². The summed E-state index contributed by atoms with van der Waals surface area (Å²) in [6, 6.07) is 0. The van der Waals surface area contributed by atoms with Crippen molar-refractivity contribution in [1.29, 1.82) is 0 Å². The highest BCUT2D eigenvalue weighted by Crippen LogP contribution is 2.13. The molecule has 0 radical (unpaired) electrons. The number of nitrogens with zero attached hydrogens (tertiary/aromatic N) is 2. The Bertz CT molecular complexity index is 263. The number of halogens is 1. The van der Waals surface area contributed by atoms with Gasteiger partial charge < -0.3 is 0 Å². The first-order valence-corrected chi connectivity index (χ1v) is 6.96. The molecule has 0 aliphatic rings. The van der Waals surface area contributed by atoms with Crippen LogP contribution in [0.5, 0.6) is 0 Å². The molecule has 0 saturated carbocycles. The highest BCUT2D eigenvalue weighted by Gasteiger charge is 2.00. The van der Waals surface area contributed by atoms with Crippen LogP contribution in [0.25, 0.3) is 0 Å². The summed E-state index contributed by atoms with van der Waals surface area (Å²) in [5, 5.41) is 1.48. The molecule has 0 N–H and O–H groups in total. The molecule has 0 aliphatic heterocycles. The summed E-state index contributed by atoms with van der Waals surface area (Å²) in [7, 11) is 0. The lowest BCUT2D eigenvalue weighted by Crippen LogP contribution is -1.85. The second-order valence-corrected chi connectivity index (χ2v) is 5.00. The fraction of sp³-hybridized carbons (Fsp3) is 0.818. The quantitative estimate of drug-likeness (QED) is 0.632. The van der Waals surface area contributed by atoms with Gasteiger partial charge in [0.05, 0.1) is 0 Å². The summed E-state index contributed by atoms with van der Waals surface area (Å²) in [5.74, 6) is 0. The van der Waals surface area contributed by atoms with Crippen LogP contribution in [-0.4, -0.2) is 9.36 Å². The van der Waals surface area contributed by atoms with E-state index in [9.17, 15) is 0 Å². The zero-order chi connectivity index (χ0) is 10.9. The smallest absolute Gasteiger partial charge is 0.210 e. The molecule has 86 valence electrons. The van der Waals surface area contributed by atoms with E-state index in [0.29, 0.717) is 5.28 Å². The molecule has 15 heavy (non-hydrogen) atoms. The fourth-order valence-corrected chi connectivity index (χ4v) is 2.41. The summed E-state index contributed by atoms with van der Waals surface area (Å²) >= 11 is 7.07. The number of rotatable bonds is 8. The molecule has 0 amide bonds. The van der Waals surface area contributed by atoms with Gasteiger partial charge in [0.2, 0.25) is 5.28 Å². The minimum absolute atomic E-state index is 0.401. The van der Waals surface area contributed by atoms with Gasteiger partial charge in [-0.1, -0.05) is 45.4 Å². The Labute approximate surface area is 101 Å². The molecule has 0 spiro atoms. The van der Waals surface area contributed by atoms with Gasteiger partial charge in [0.25, 0.3) is 0 Å². The molecule has 0 aromatic carbocycles. The van der Waals surface area contributed by atoms with Crippen molar-refractivity contribution < 1.29 is 0 Å². The highest BCUT2D eigenvalue weighted by molar-refractivity contribution is 7.05. The van der Waals surface area contributed by atoms with E-state index in [1.54, 1.807) is 0 Å². The third kappa shape index (κ3) is 6.10. The molecule has 1 heterocycles. The van der Waals surface area contributed by atoms with Gasteiger partial charge in [0.1, 0.15) is 5.01 Å². The van der Waals surface area contributed by atoms with Gasteiger partial charge in [-0.3, -0.25) is 0 Å². The Kier molecular flexibility index (Phi) is 6.94. The molecule has 4 heteroatoms. The second kappa shape index (κ2) is 8.05. The lowest BCUT2D eigenvalue weighted by molar-refractivity contribution is 0.589. The molecule has 0 fully saturated rings. The summed E-state index contributed by atoms with van der Waals surface area (Å²) in [6.07, 6.45) is 10.4. The van der Waals surface area contributed by atoms with E-state index >= 15 is 0 Å². The maximum atomic E-state index is 5.65. The molecule has 0 atom stereocenters. The van der Waals surface area contributed by atoms with Gasteiger partial charge in [-0.15, -0.1) is 0 Å². The van der Waals surface area contributed by atoms with Crippen LogP contribution in [0.2, 0.25) is 5.28 Å². The van der Waals surface area contributed by atoms with Gasteiger partial charge in [0.15, 0.2) is 0 Å². The zero-order valence-electron chi connectivity index (χ0n) is 9.34. The first-order chi connectivity index (χ1) is 7.33. The van der Waals surface area contributed by atoms with Crippen molar-refractivity contribution in [2.75, 3.05) is 0 Å². The van der Waals surface area contributed by atoms with E-state index in [1.165, 1.54) is 56.5 Å². The summed E-state index contributed by atoms with van der Waals surface area (Å²) in [4.78, 5) is 4.13. The predicted octanol–water partition coefficient (Wildman–Crippen LogP) is 4.48. The van der Waals surface area contributed by atoms with Crippen LogP contribution in [0.4, 0.5) is 0 Å². The van der Waals surface area contributed by atoms with E-state index in [0.717, 1.165) is 11.4 Å². The van der Waals surface area contributed by atoms with Gasteiger partial charge in [0, 0.05) is 6.42 Å². The van der Waals surface area contributed by atoms with E-state index in [1.807, 2.05) is 0 Å². The Balaban J connectivity index is 1.93. The van der Waals surface area contributed by atoms with E-state index < -0.39 is 0 Å². The minimum Gasteiger partial charge on any atom is -0.210 e. The number of aryl methyl sites for hydroxylation is 1. The first kappa shape index (κ1) is 12.9. The normalized spacial score (nSPS) is 10.8. The first-order valence-electron chi connectivity index (χ1n) is 5.81. The van der Waals surface area contributed by atoms with Crippen molar-refractivity contribution in [3.8, 4) is 0 Å². The number of unbranched alkanes of at least 4 members (excludes halogenated alkanes) is 6. The minimum atomic E-state index is 0.401. The molecular weight excluding hydrogens is 228 g/mol. The molecule has 1 rings (SSSR count). The van der Waals surface area contributed by atoms with Crippen LogP contribution >= 0.6 is 23.1 Å². The molecule has 2 nitrogen and oxygen atoms in total. The van der Waals surface area contributed by atoms with E-state index in [-0.39, 0.29) is 0 Å². The summed E-state index contributed by atoms with van der Waals surface area (Å²) in [6.45, 7) is 2.25. The molecule has 0 unspecified atom stereocenters. The van der Waals surface area contributed by atoms with Crippen molar-refractivity contribution in [1.82, 2.24) is 9.36 Å². The molecule has 1 aromatic heterocycles. The molecule has 0 aliphatic carbocycles. The van der Waals surface area contributed by atoms with E-state index in [4.69, 9.17) is 11.6 Å².